The van der Waals surface area contributed by atoms with Crippen LogP contribution in [0.25, 0.3) is 0 Å². The Kier molecular flexibility index (Phi) is 3.48. The molecule has 0 atom stereocenters. The van der Waals surface area contributed by atoms with E-state index in [4.69, 9.17) is 0 Å². The maximum atomic E-state index is 3.71. The average Bonchev–Trinajstić information content (AvgIpc) is 1.68. The molecule has 0 saturated heterocycles. The van der Waals surface area contributed by atoms with Crippen LogP contribution in [0.3, 0.4) is 0 Å². The average molecular weight is 93.0 g/mol. The normalized spacial score (nSPS) is 7.57. The summed E-state index contributed by atoms with van der Waals surface area (Å²) < 4.78 is 0. The summed E-state index contributed by atoms with van der Waals surface area (Å²) in [6.07, 6.45) is 2.74. The molecular formula is C6H10B. The van der Waals surface area contributed by atoms with Gasteiger partial charge >= 0.3 is 0 Å². The van der Waals surface area contributed by atoms with Crippen molar-refractivity contribution in [3.05, 3.63) is 24.8 Å². The van der Waals surface area contributed by atoms with Gasteiger partial charge in [-0.25, -0.2) is 0 Å². The van der Waals surface area contributed by atoms with Crippen molar-refractivity contribution in [2.75, 3.05) is 0 Å². The van der Waals surface area contributed by atoms with Crippen LogP contribution in [0.15, 0.2) is 24.8 Å². The maximum Gasteiger partial charge on any atom is 0.111 e. The zero-order chi connectivity index (χ0) is 5.70. The van der Waals surface area contributed by atoms with Crippen LogP contribution in [0.4, 0.5) is 0 Å². The van der Waals surface area contributed by atoms with E-state index in [2.05, 4.69) is 20.4 Å². The molecule has 7 heavy (non-hydrogen) atoms. The molecule has 0 heterocycles. The maximum absolute atomic E-state index is 3.71. The van der Waals surface area contributed by atoms with Crippen LogP contribution in [-0.4, -0.2) is 7.28 Å². The molecule has 0 unspecified atom stereocenters. The molecule has 0 aromatic heterocycles. The van der Waals surface area contributed by atoms with Crippen LogP contribution in [0.1, 0.15) is 0 Å². The first-order chi connectivity index (χ1) is 3.31. The molecule has 0 nitrogen and oxygen atoms in total. The van der Waals surface area contributed by atoms with E-state index in [1.54, 1.807) is 6.08 Å². The molecule has 0 aliphatic rings. The Morgan fingerprint density at radius 2 is 2.43 bits per heavy atom. The van der Waals surface area contributed by atoms with Gasteiger partial charge in [-0.2, -0.15) is 0 Å². The van der Waals surface area contributed by atoms with E-state index in [1.807, 2.05) is 6.82 Å². The quantitative estimate of drug-likeness (QED) is 0.369. The van der Waals surface area contributed by atoms with E-state index in [0.717, 1.165) is 11.9 Å². The van der Waals surface area contributed by atoms with Crippen molar-refractivity contribution in [3.63, 3.8) is 0 Å². The lowest BCUT2D eigenvalue weighted by Gasteiger charge is -1.88. The van der Waals surface area contributed by atoms with Gasteiger partial charge in [0.15, 0.2) is 0 Å². The molecule has 0 fully saturated rings. The summed E-state index contributed by atoms with van der Waals surface area (Å²) in [5.41, 5.74) is 1.09. The Balaban J connectivity index is 3.17. The van der Waals surface area contributed by atoms with Crippen molar-refractivity contribution >= 4 is 7.28 Å². The van der Waals surface area contributed by atoms with Crippen molar-refractivity contribution in [3.8, 4) is 0 Å². The number of rotatable bonds is 3. The summed E-state index contributed by atoms with van der Waals surface area (Å²) >= 11 is 0. The molecule has 0 aliphatic carbocycles. The summed E-state index contributed by atoms with van der Waals surface area (Å²) in [5.74, 6) is 0. The SMILES string of the molecule is C=CC(=C)C[B]C. The van der Waals surface area contributed by atoms with Crippen molar-refractivity contribution < 1.29 is 0 Å². The van der Waals surface area contributed by atoms with Crippen LogP contribution in [0, 0.1) is 0 Å². The topological polar surface area (TPSA) is 0 Å². The van der Waals surface area contributed by atoms with E-state index in [9.17, 15) is 0 Å². The third kappa shape index (κ3) is 3.37. The molecule has 1 heteroatoms. The van der Waals surface area contributed by atoms with Crippen LogP contribution in [0.2, 0.25) is 13.1 Å². The summed E-state index contributed by atoms with van der Waals surface area (Å²) in [5, 5.41) is 0. The van der Waals surface area contributed by atoms with Crippen LogP contribution in [-0.2, 0) is 0 Å². The third-order valence-electron chi connectivity index (χ3n) is 0.755. The van der Waals surface area contributed by atoms with Crippen molar-refractivity contribution in [2.45, 2.75) is 13.1 Å². The molecule has 0 aromatic rings. The fraction of sp³-hybridized carbons (Fsp3) is 0.333. The Morgan fingerprint density at radius 1 is 1.86 bits per heavy atom. The Bertz CT molecular complexity index is 74.2. The first-order valence-corrected chi connectivity index (χ1v) is 2.39. The van der Waals surface area contributed by atoms with E-state index < -0.39 is 0 Å². The number of hydrogen-bond donors (Lipinski definition) is 0. The molecule has 0 aliphatic heterocycles. The van der Waals surface area contributed by atoms with E-state index in [-0.39, 0.29) is 0 Å². The first-order valence-electron chi connectivity index (χ1n) is 2.39. The lowest BCUT2D eigenvalue weighted by molar-refractivity contribution is 1.53. The van der Waals surface area contributed by atoms with Crippen LogP contribution >= 0.6 is 0 Å². The van der Waals surface area contributed by atoms with Gasteiger partial charge in [0.05, 0.1) is 0 Å². The van der Waals surface area contributed by atoms with Crippen LogP contribution in [0.5, 0.6) is 0 Å². The zero-order valence-corrected chi connectivity index (χ0v) is 4.78. The van der Waals surface area contributed by atoms with Gasteiger partial charge in [-0.05, 0) is 0 Å². The third-order valence-corrected chi connectivity index (χ3v) is 0.755. The second-order valence-electron chi connectivity index (χ2n) is 1.47. The standard InChI is InChI=1S/C6H10B/c1-4-6(2)5-7-3/h4H,1-2,5H2,3H3. The summed E-state index contributed by atoms with van der Waals surface area (Å²) in [4.78, 5) is 0. The molecule has 0 rings (SSSR count). The molecule has 37 valence electrons. The Morgan fingerprint density at radius 3 is 2.57 bits per heavy atom. The molecule has 0 amide bonds. The predicted molar refractivity (Wildman–Crippen MR) is 35.8 cm³/mol. The van der Waals surface area contributed by atoms with Gasteiger partial charge in [-0.1, -0.05) is 38.0 Å². The molecule has 0 aromatic carbocycles. The second kappa shape index (κ2) is 3.73. The van der Waals surface area contributed by atoms with E-state index in [0.29, 0.717) is 0 Å². The second-order valence-corrected chi connectivity index (χ2v) is 1.47. The monoisotopic (exact) mass is 93.1 g/mol. The minimum Gasteiger partial charge on any atom is -0.0988 e. The molecule has 0 saturated carbocycles. The largest absolute Gasteiger partial charge is 0.111 e. The van der Waals surface area contributed by atoms with Gasteiger partial charge < -0.3 is 0 Å². The molecule has 0 bridgehead atoms. The van der Waals surface area contributed by atoms with Crippen molar-refractivity contribution in [1.29, 1.82) is 0 Å². The van der Waals surface area contributed by atoms with Gasteiger partial charge in [0.1, 0.15) is 7.28 Å². The summed E-state index contributed by atoms with van der Waals surface area (Å²) in [6.45, 7) is 9.28. The molecule has 1 radical (unpaired) electrons. The highest BCUT2D eigenvalue weighted by molar-refractivity contribution is 6.34. The van der Waals surface area contributed by atoms with Gasteiger partial charge in [-0.3, -0.25) is 0 Å². The number of allylic oxidation sites excluding steroid dienone is 2. The van der Waals surface area contributed by atoms with Gasteiger partial charge in [0.2, 0.25) is 0 Å². The molecule has 0 spiro atoms. The highest BCUT2D eigenvalue weighted by atomic mass is 13.8. The molecule has 0 N–H and O–H groups in total. The highest BCUT2D eigenvalue weighted by Gasteiger charge is 1.81. The highest BCUT2D eigenvalue weighted by Crippen LogP contribution is 1.95. The van der Waals surface area contributed by atoms with Crippen molar-refractivity contribution in [1.82, 2.24) is 0 Å². The van der Waals surface area contributed by atoms with Crippen molar-refractivity contribution in [2.24, 2.45) is 0 Å². The van der Waals surface area contributed by atoms with Crippen LogP contribution < -0.4 is 0 Å². The van der Waals surface area contributed by atoms with Gasteiger partial charge in [0, 0.05) is 0 Å². The lowest BCUT2D eigenvalue weighted by Crippen LogP contribution is -1.79. The van der Waals surface area contributed by atoms with Gasteiger partial charge in [-0.15, -0.1) is 0 Å². The lowest BCUT2D eigenvalue weighted by atomic mass is 9.75. The first kappa shape index (κ1) is 6.54. The molecular weight excluding hydrogens is 82.9 g/mol. The summed E-state index contributed by atoms with van der Waals surface area (Å²) in [7, 11) is 2.06. The predicted octanol–water partition coefficient (Wildman–Crippen LogP) is 1.90. The fourth-order valence-electron chi connectivity index (χ4n) is 0.346. The Hall–Kier alpha value is -0.455. The number of hydrogen-bond acceptors (Lipinski definition) is 0. The Labute approximate surface area is 46.2 Å². The summed E-state index contributed by atoms with van der Waals surface area (Å²) in [6, 6.07) is 0. The zero-order valence-electron chi connectivity index (χ0n) is 4.78. The minimum atomic E-state index is 0.962. The van der Waals surface area contributed by atoms with Gasteiger partial charge in [0.25, 0.3) is 0 Å². The van der Waals surface area contributed by atoms with E-state index >= 15 is 0 Å². The van der Waals surface area contributed by atoms with E-state index in [1.165, 1.54) is 0 Å². The smallest absolute Gasteiger partial charge is 0.0988 e. The fourth-order valence-corrected chi connectivity index (χ4v) is 0.346. The minimum absolute atomic E-state index is 0.962.